The van der Waals surface area contributed by atoms with Gasteiger partial charge in [0.25, 0.3) is 5.91 Å². The van der Waals surface area contributed by atoms with Gasteiger partial charge >= 0.3 is 0 Å². The van der Waals surface area contributed by atoms with Crippen LogP contribution < -0.4 is 5.14 Å². The first-order valence-electron chi connectivity index (χ1n) is 6.83. The Bertz CT molecular complexity index is 660. The van der Waals surface area contributed by atoms with Crippen molar-refractivity contribution in [2.24, 2.45) is 11.1 Å². The number of amides is 1. The fourth-order valence-corrected chi connectivity index (χ4v) is 3.53. The van der Waals surface area contributed by atoms with Crippen LogP contribution in [-0.4, -0.2) is 31.8 Å². The summed E-state index contributed by atoms with van der Waals surface area (Å²) >= 11 is 3.32. The number of likely N-dealkylation sites (tertiary alicyclic amines) is 1. The number of hydrogen-bond donors (Lipinski definition) is 1. The lowest BCUT2D eigenvalue weighted by Gasteiger charge is -2.37. The van der Waals surface area contributed by atoms with Crippen molar-refractivity contribution in [2.45, 2.75) is 37.6 Å². The maximum Gasteiger partial charge on any atom is 0.255 e. The number of carbonyl (C=O) groups is 1. The summed E-state index contributed by atoms with van der Waals surface area (Å²) in [6.07, 6.45) is 2.06. The van der Waals surface area contributed by atoms with Gasteiger partial charge in [-0.15, -0.1) is 0 Å². The van der Waals surface area contributed by atoms with E-state index in [2.05, 4.69) is 22.9 Å². The molecule has 0 bridgehead atoms. The summed E-state index contributed by atoms with van der Waals surface area (Å²) in [5.74, 6) is 0.289. The maximum atomic E-state index is 12.7. The van der Waals surface area contributed by atoms with Gasteiger partial charge in [-0.1, -0.05) is 6.92 Å². The predicted molar refractivity (Wildman–Crippen MR) is 84.4 cm³/mol. The molecule has 0 spiro atoms. The minimum Gasteiger partial charge on any atom is -0.336 e. The van der Waals surface area contributed by atoms with Crippen LogP contribution >= 0.6 is 15.9 Å². The third kappa shape index (κ3) is 3.64. The lowest BCUT2D eigenvalue weighted by Crippen LogP contribution is -2.45. The van der Waals surface area contributed by atoms with Crippen LogP contribution in [-0.2, 0) is 10.0 Å². The summed E-state index contributed by atoms with van der Waals surface area (Å²) < 4.78 is 23.5. The molecule has 1 saturated heterocycles. The zero-order valence-electron chi connectivity index (χ0n) is 12.0. The standard InChI is InChI=1S/C14H19BrN2O3S/c1-9-3-4-10(2)17(8-9)14(18)12-7-11(21(16,19)20)5-6-13(12)15/h5-7,9-10H,3-4,8H2,1-2H3,(H2,16,19,20). The Labute approximate surface area is 133 Å². The van der Waals surface area contributed by atoms with E-state index in [1.807, 2.05) is 6.92 Å². The van der Waals surface area contributed by atoms with Gasteiger partial charge in [-0.25, -0.2) is 13.6 Å². The number of halogens is 1. The van der Waals surface area contributed by atoms with Gasteiger partial charge in [0.1, 0.15) is 0 Å². The lowest BCUT2D eigenvalue weighted by molar-refractivity contribution is 0.0573. The molecular weight excluding hydrogens is 356 g/mol. The molecule has 21 heavy (non-hydrogen) atoms. The molecule has 0 aliphatic carbocycles. The average molecular weight is 375 g/mol. The van der Waals surface area contributed by atoms with Crippen LogP contribution in [0, 0.1) is 5.92 Å². The predicted octanol–water partition coefficient (Wildman–Crippen LogP) is 2.36. The number of benzene rings is 1. The number of primary sulfonamides is 1. The fourth-order valence-electron chi connectivity index (χ4n) is 2.57. The molecule has 1 aromatic rings. The summed E-state index contributed by atoms with van der Waals surface area (Å²) in [7, 11) is -3.82. The van der Waals surface area contributed by atoms with Crippen molar-refractivity contribution in [2.75, 3.05) is 6.54 Å². The molecule has 5 nitrogen and oxygen atoms in total. The molecule has 2 atom stereocenters. The second-order valence-electron chi connectivity index (χ2n) is 5.68. The highest BCUT2D eigenvalue weighted by Gasteiger charge is 2.29. The minimum absolute atomic E-state index is 0.0493. The summed E-state index contributed by atoms with van der Waals surface area (Å²) in [4.78, 5) is 14.5. The SMILES string of the molecule is CC1CCC(C)N(C(=O)c2cc(S(N)(=O)=O)ccc2Br)C1. The van der Waals surface area contributed by atoms with E-state index in [-0.39, 0.29) is 16.8 Å². The summed E-state index contributed by atoms with van der Waals surface area (Å²) in [6, 6.07) is 4.43. The van der Waals surface area contributed by atoms with Gasteiger partial charge in [0.05, 0.1) is 10.5 Å². The number of hydrogen-bond acceptors (Lipinski definition) is 3. The number of piperidine rings is 1. The van der Waals surface area contributed by atoms with Crippen molar-refractivity contribution in [3.63, 3.8) is 0 Å². The topological polar surface area (TPSA) is 80.5 Å². The van der Waals surface area contributed by atoms with E-state index in [9.17, 15) is 13.2 Å². The van der Waals surface area contributed by atoms with Crippen LogP contribution in [0.5, 0.6) is 0 Å². The Hall–Kier alpha value is -0.920. The van der Waals surface area contributed by atoms with Gasteiger partial charge in [0, 0.05) is 17.1 Å². The highest BCUT2D eigenvalue weighted by molar-refractivity contribution is 9.10. The number of rotatable bonds is 2. The average Bonchev–Trinajstić information content (AvgIpc) is 2.40. The quantitative estimate of drug-likeness (QED) is 0.862. The number of carbonyl (C=O) groups excluding carboxylic acids is 1. The Morgan fingerprint density at radius 3 is 2.62 bits per heavy atom. The fraction of sp³-hybridized carbons (Fsp3) is 0.500. The van der Waals surface area contributed by atoms with Crippen molar-refractivity contribution < 1.29 is 13.2 Å². The van der Waals surface area contributed by atoms with Gasteiger partial charge in [-0.2, -0.15) is 0 Å². The first-order valence-corrected chi connectivity index (χ1v) is 9.17. The minimum atomic E-state index is -3.82. The van der Waals surface area contributed by atoms with E-state index in [1.165, 1.54) is 12.1 Å². The van der Waals surface area contributed by atoms with Crippen LogP contribution in [0.15, 0.2) is 27.6 Å². The first-order chi connectivity index (χ1) is 9.70. The zero-order chi connectivity index (χ0) is 15.8. The van der Waals surface area contributed by atoms with E-state index >= 15 is 0 Å². The first kappa shape index (κ1) is 16.5. The van der Waals surface area contributed by atoms with Crippen LogP contribution in [0.3, 0.4) is 0 Å². The molecule has 1 aliphatic heterocycles. The van der Waals surface area contributed by atoms with Gasteiger partial charge < -0.3 is 4.90 Å². The third-order valence-corrected chi connectivity index (χ3v) is 5.48. The number of nitrogens with two attached hydrogens (primary N) is 1. The normalized spacial score (nSPS) is 23.1. The van der Waals surface area contributed by atoms with Crippen molar-refractivity contribution in [1.82, 2.24) is 4.90 Å². The van der Waals surface area contributed by atoms with Crippen molar-refractivity contribution in [1.29, 1.82) is 0 Å². The van der Waals surface area contributed by atoms with Gasteiger partial charge in [-0.05, 0) is 59.8 Å². The largest absolute Gasteiger partial charge is 0.336 e. The van der Waals surface area contributed by atoms with E-state index in [0.29, 0.717) is 22.5 Å². The monoisotopic (exact) mass is 374 g/mol. The molecule has 1 amide bonds. The molecule has 2 unspecified atom stereocenters. The smallest absolute Gasteiger partial charge is 0.255 e. The molecule has 0 saturated carbocycles. The Morgan fingerprint density at radius 2 is 2.00 bits per heavy atom. The van der Waals surface area contributed by atoms with Gasteiger partial charge in [0.2, 0.25) is 10.0 Å². The molecule has 1 aromatic carbocycles. The van der Waals surface area contributed by atoms with Crippen molar-refractivity contribution in [3.05, 3.63) is 28.2 Å². The molecule has 0 aromatic heterocycles. The van der Waals surface area contributed by atoms with E-state index in [1.54, 1.807) is 11.0 Å². The van der Waals surface area contributed by atoms with E-state index < -0.39 is 10.0 Å². The third-order valence-electron chi connectivity index (χ3n) is 3.88. The van der Waals surface area contributed by atoms with E-state index in [4.69, 9.17) is 5.14 Å². The Kier molecular flexibility index (Phi) is 4.75. The van der Waals surface area contributed by atoms with Gasteiger partial charge in [0.15, 0.2) is 0 Å². The van der Waals surface area contributed by atoms with Crippen molar-refractivity contribution >= 4 is 31.9 Å². The Balaban J connectivity index is 2.38. The molecule has 1 fully saturated rings. The van der Waals surface area contributed by atoms with Crippen LogP contribution in [0.1, 0.15) is 37.0 Å². The van der Waals surface area contributed by atoms with Crippen molar-refractivity contribution in [3.8, 4) is 0 Å². The second-order valence-corrected chi connectivity index (χ2v) is 8.09. The lowest BCUT2D eigenvalue weighted by atomic mass is 9.94. The molecule has 7 heteroatoms. The molecule has 0 radical (unpaired) electrons. The summed E-state index contributed by atoms with van der Waals surface area (Å²) in [6.45, 7) is 4.81. The van der Waals surface area contributed by atoms with Crippen LogP contribution in [0.2, 0.25) is 0 Å². The molecule has 2 N–H and O–H groups in total. The summed E-state index contributed by atoms with van der Waals surface area (Å²) in [5, 5.41) is 5.14. The molecule has 2 rings (SSSR count). The number of sulfonamides is 1. The molecule has 116 valence electrons. The van der Waals surface area contributed by atoms with E-state index in [0.717, 1.165) is 12.8 Å². The van der Waals surface area contributed by atoms with Crippen LogP contribution in [0.25, 0.3) is 0 Å². The zero-order valence-corrected chi connectivity index (χ0v) is 14.4. The molecule has 1 heterocycles. The van der Waals surface area contributed by atoms with Gasteiger partial charge in [-0.3, -0.25) is 4.79 Å². The Morgan fingerprint density at radius 1 is 1.33 bits per heavy atom. The second kappa shape index (κ2) is 6.06. The number of nitrogens with zero attached hydrogens (tertiary/aromatic N) is 1. The molecule has 1 aliphatic rings. The highest BCUT2D eigenvalue weighted by Crippen LogP contribution is 2.27. The summed E-state index contributed by atoms with van der Waals surface area (Å²) in [5.41, 5.74) is 0.336. The highest BCUT2D eigenvalue weighted by atomic mass is 79.9. The molecular formula is C14H19BrN2O3S. The maximum absolute atomic E-state index is 12.7. The van der Waals surface area contributed by atoms with Crippen LogP contribution in [0.4, 0.5) is 0 Å².